The van der Waals surface area contributed by atoms with Gasteiger partial charge in [0.2, 0.25) is 5.28 Å². The molecule has 0 saturated heterocycles. The van der Waals surface area contributed by atoms with Crippen molar-refractivity contribution in [2.45, 2.75) is 13.1 Å². The molecule has 7 heteroatoms. The fraction of sp³-hybridized carbons (Fsp3) is 0.133. The fourth-order valence-corrected chi connectivity index (χ4v) is 2.30. The standard InChI is InChI=1S/C15H9ClF3N3/c1-8-5-6-11-13(20-8)12(22-14(16)21-11)9-3-2-4-10(7-9)15(17,18)19/h2-7H,1H3. The van der Waals surface area contributed by atoms with Gasteiger partial charge < -0.3 is 0 Å². The van der Waals surface area contributed by atoms with E-state index >= 15 is 0 Å². The maximum atomic E-state index is 12.9. The summed E-state index contributed by atoms with van der Waals surface area (Å²) in [5, 5.41) is -0.0365. The first kappa shape index (κ1) is 14.7. The zero-order chi connectivity index (χ0) is 15.9. The largest absolute Gasteiger partial charge is 0.416 e. The summed E-state index contributed by atoms with van der Waals surface area (Å²) >= 11 is 5.87. The molecule has 0 fully saturated rings. The third kappa shape index (κ3) is 2.74. The average molecular weight is 324 g/mol. The number of aromatic nitrogens is 3. The lowest BCUT2D eigenvalue weighted by atomic mass is 10.1. The van der Waals surface area contributed by atoms with Gasteiger partial charge in [-0.15, -0.1) is 0 Å². The second-order valence-corrected chi connectivity index (χ2v) is 5.08. The van der Waals surface area contributed by atoms with E-state index in [0.29, 0.717) is 22.3 Å². The Morgan fingerprint density at radius 1 is 1.00 bits per heavy atom. The molecule has 1 aromatic carbocycles. The summed E-state index contributed by atoms with van der Waals surface area (Å²) in [6.07, 6.45) is -4.42. The van der Waals surface area contributed by atoms with Gasteiger partial charge in [0.05, 0.1) is 11.1 Å². The highest BCUT2D eigenvalue weighted by Gasteiger charge is 2.30. The van der Waals surface area contributed by atoms with Crippen LogP contribution in [-0.4, -0.2) is 15.0 Å². The highest BCUT2D eigenvalue weighted by molar-refractivity contribution is 6.28. The lowest BCUT2D eigenvalue weighted by Gasteiger charge is -2.10. The summed E-state index contributed by atoms with van der Waals surface area (Å²) in [5.74, 6) is 0. The molecule has 0 saturated carbocycles. The molecule has 0 radical (unpaired) electrons. The number of nitrogens with zero attached hydrogens (tertiary/aromatic N) is 3. The molecule has 2 aromatic heterocycles. The molecule has 0 N–H and O–H groups in total. The number of pyridine rings is 1. The van der Waals surface area contributed by atoms with Gasteiger partial charge in [0.15, 0.2) is 0 Å². The van der Waals surface area contributed by atoms with Crippen molar-refractivity contribution in [2.24, 2.45) is 0 Å². The molecule has 0 atom stereocenters. The first-order valence-corrected chi connectivity index (χ1v) is 6.71. The second kappa shape index (κ2) is 5.21. The van der Waals surface area contributed by atoms with Crippen LogP contribution >= 0.6 is 11.6 Å². The van der Waals surface area contributed by atoms with Gasteiger partial charge in [-0.3, -0.25) is 0 Å². The average Bonchev–Trinajstić information content (AvgIpc) is 2.46. The van der Waals surface area contributed by atoms with Gasteiger partial charge in [-0.2, -0.15) is 13.2 Å². The number of halogens is 4. The van der Waals surface area contributed by atoms with Crippen LogP contribution < -0.4 is 0 Å². The molecule has 22 heavy (non-hydrogen) atoms. The Bertz CT molecular complexity index is 862. The highest BCUT2D eigenvalue weighted by Crippen LogP contribution is 2.33. The molecule has 0 aliphatic carbocycles. The topological polar surface area (TPSA) is 38.7 Å². The predicted molar refractivity (Wildman–Crippen MR) is 77.5 cm³/mol. The van der Waals surface area contributed by atoms with Crippen LogP contribution in [0.3, 0.4) is 0 Å². The third-order valence-electron chi connectivity index (χ3n) is 3.12. The Hall–Kier alpha value is -2.21. The molecule has 0 unspecified atom stereocenters. The SMILES string of the molecule is Cc1ccc2nc(Cl)nc(-c3cccc(C(F)(F)F)c3)c2n1. The molecule has 0 amide bonds. The highest BCUT2D eigenvalue weighted by atomic mass is 35.5. The Morgan fingerprint density at radius 2 is 1.77 bits per heavy atom. The maximum absolute atomic E-state index is 12.9. The first-order chi connectivity index (χ1) is 10.3. The molecule has 0 aliphatic heterocycles. The summed E-state index contributed by atoms with van der Waals surface area (Å²) in [6, 6.07) is 8.37. The minimum atomic E-state index is -4.42. The molecule has 0 bridgehead atoms. The van der Waals surface area contributed by atoms with Crippen LogP contribution in [0.5, 0.6) is 0 Å². The molecule has 2 heterocycles. The molecule has 0 spiro atoms. The van der Waals surface area contributed by atoms with Gasteiger partial charge in [-0.25, -0.2) is 15.0 Å². The Balaban J connectivity index is 2.28. The number of aryl methyl sites for hydroxylation is 1. The van der Waals surface area contributed by atoms with Crippen molar-refractivity contribution < 1.29 is 13.2 Å². The number of hydrogen-bond donors (Lipinski definition) is 0. The molecular weight excluding hydrogens is 315 g/mol. The number of alkyl halides is 3. The first-order valence-electron chi connectivity index (χ1n) is 6.33. The number of hydrogen-bond acceptors (Lipinski definition) is 3. The van der Waals surface area contributed by atoms with Crippen LogP contribution in [0.2, 0.25) is 5.28 Å². The molecular formula is C15H9ClF3N3. The zero-order valence-corrected chi connectivity index (χ0v) is 12.1. The Labute approximate surface area is 128 Å². The minimum absolute atomic E-state index is 0.0365. The molecule has 112 valence electrons. The minimum Gasteiger partial charge on any atom is -0.249 e. The van der Waals surface area contributed by atoms with Gasteiger partial charge in [0, 0.05) is 11.3 Å². The van der Waals surface area contributed by atoms with E-state index < -0.39 is 11.7 Å². The monoisotopic (exact) mass is 323 g/mol. The van der Waals surface area contributed by atoms with Crippen molar-refractivity contribution >= 4 is 22.6 Å². The van der Waals surface area contributed by atoms with E-state index in [1.807, 2.05) is 0 Å². The normalized spacial score (nSPS) is 11.9. The van der Waals surface area contributed by atoms with Gasteiger partial charge >= 0.3 is 6.18 Å². The molecule has 3 aromatic rings. The molecule has 3 nitrogen and oxygen atoms in total. The number of rotatable bonds is 1. The van der Waals surface area contributed by atoms with Crippen molar-refractivity contribution in [3.05, 3.63) is 52.9 Å². The van der Waals surface area contributed by atoms with Crippen LogP contribution in [0.15, 0.2) is 36.4 Å². The number of benzene rings is 1. The van der Waals surface area contributed by atoms with Crippen molar-refractivity contribution in [3.63, 3.8) is 0 Å². The molecule has 3 rings (SSSR count). The smallest absolute Gasteiger partial charge is 0.249 e. The van der Waals surface area contributed by atoms with Crippen LogP contribution in [0.1, 0.15) is 11.3 Å². The van der Waals surface area contributed by atoms with E-state index in [2.05, 4.69) is 15.0 Å². The second-order valence-electron chi connectivity index (χ2n) is 4.74. The maximum Gasteiger partial charge on any atom is 0.416 e. The van der Waals surface area contributed by atoms with E-state index in [1.54, 1.807) is 19.1 Å². The quantitative estimate of drug-likeness (QED) is 0.611. The molecule has 0 aliphatic rings. The van der Waals surface area contributed by atoms with Crippen molar-refractivity contribution in [3.8, 4) is 11.3 Å². The summed E-state index contributed by atoms with van der Waals surface area (Å²) in [5.41, 5.74) is 1.45. The number of fused-ring (bicyclic) bond motifs is 1. The lowest BCUT2D eigenvalue weighted by molar-refractivity contribution is -0.137. The van der Waals surface area contributed by atoms with Gasteiger partial charge in [0.1, 0.15) is 11.2 Å². The summed E-state index contributed by atoms with van der Waals surface area (Å²) in [4.78, 5) is 12.4. The van der Waals surface area contributed by atoms with E-state index in [4.69, 9.17) is 11.6 Å². The van der Waals surface area contributed by atoms with E-state index in [1.165, 1.54) is 12.1 Å². The summed E-state index contributed by atoms with van der Waals surface area (Å²) in [7, 11) is 0. The van der Waals surface area contributed by atoms with Crippen LogP contribution in [0, 0.1) is 6.92 Å². The van der Waals surface area contributed by atoms with Gasteiger partial charge in [-0.1, -0.05) is 12.1 Å². The van der Waals surface area contributed by atoms with Crippen molar-refractivity contribution in [1.29, 1.82) is 0 Å². The zero-order valence-electron chi connectivity index (χ0n) is 11.3. The van der Waals surface area contributed by atoms with E-state index in [-0.39, 0.29) is 11.0 Å². The third-order valence-corrected chi connectivity index (χ3v) is 3.29. The van der Waals surface area contributed by atoms with Crippen molar-refractivity contribution in [1.82, 2.24) is 15.0 Å². The lowest BCUT2D eigenvalue weighted by Crippen LogP contribution is -2.05. The van der Waals surface area contributed by atoms with Crippen LogP contribution in [-0.2, 0) is 6.18 Å². The van der Waals surface area contributed by atoms with Crippen LogP contribution in [0.25, 0.3) is 22.3 Å². The van der Waals surface area contributed by atoms with Crippen molar-refractivity contribution in [2.75, 3.05) is 0 Å². The van der Waals surface area contributed by atoms with Gasteiger partial charge in [0.25, 0.3) is 0 Å². The predicted octanol–water partition coefficient (Wildman–Crippen LogP) is 4.67. The van der Waals surface area contributed by atoms with E-state index in [9.17, 15) is 13.2 Å². The fourth-order valence-electron chi connectivity index (χ4n) is 2.13. The van der Waals surface area contributed by atoms with E-state index in [0.717, 1.165) is 12.1 Å². The van der Waals surface area contributed by atoms with Gasteiger partial charge in [-0.05, 0) is 42.8 Å². The van der Waals surface area contributed by atoms with Crippen LogP contribution in [0.4, 0.5) is 13.2 Å². The Kier molecular flexibility index (Phi) is 3.48. The summed E-state index contributed by atoms with van der Waals surface area (Å²) < 4.78 is 38.6. The Morgan fingerprint density at radius 3 is 2.50 bits per heavy atom. The summed E-state index contributed by atoms with van der Waals surface area (Å²) in [6.45, 7) is 1.78.